The zero-order valence-electron chi connectivity index (χ0n) is 17.5. The molecule has 0 fully saturated rings. The van der Waals surface area contributed by atoms with Crippen LogP contribution in [0.3, 0.4) is 0 Å². The van der Waals surface area contributed by atoms with Gasteiger partial charge in [-0.25, -0.2) is 4.57 Å². The predicted molar refractivity (Wildman–Crippen MR) is 127 cm³/mol. The second-order valence-electron chi connectivity index (χ2n) is 8.29. The van der Waals surface area contributed by atoms with Crippen LogP contribution in [0.1, 0.15) is 16.7 Å². The van der Waals surface area contributed by atoms with Gasteiger partial charge in [-0.2, -0.15) is 0 Å². The Hall–Kier alpha value is -3.17. The number of nitrogens with zero attached hydrogens (tertiary/aromatic N) is 1. The molecule has 146 valence electrons. The number of hydrogen-bond acceptors (Lipinski definition) is 2. The first kappa shape index (κ1) is 17.7. The normalized spacial score (nSPS) is 12.0. The number of aryl methyl sites for hydroxylation is 4. The van der Waals surface area contributed by atoms with Crippen molar-refractivity contribution in [3.63, 3.8) is 0 Å². The van der Waals surface area contributed by atoms with E-state index in [2.05, 4.69) is 93.2 Å². The van der Waals surface area contributed by atoms with Gasteiger partial charge in [0.05, 0.1) is 5.56 Å². The van der Waals surface area contributed by atoms with Gasteiger partial charge in [0.1, 0.15) is 18.2 Å². The number of furan rings is 1. The van der Waals surface area contributed by atoms with Crippen LogP contribution in [0.4, 0.5) is 0 Å². The van der Waals surface area contributed by atoms with E-state index in [9.17, 15) is 0 Å². The summed E-state index contributed by atoms with van der Waals surface area (Å²) in [6, 6.07) is 19.8. The second kappa shape index (κ2) is 6.16. The van der Waals surface area contributed by atoms with Crippen LogP contribution in [0.5, 0.6) is 0 Å². The molecule has 0 saturated carbocycles. The Morgan fingerprint density at radius 1 is 0.733 bits per heavy atom. The Morgan fingerprint density at radius 3 is 2.37 bits per heavy atom. The second-order valence-corrected chi connectivity index (χ2v) is 9.37. The van der Waals surface area contributed by atoms with E-state index in [0.29, 0.717) is 0 Å². The predicted octanol–water partition coefficient (Wildman–Crippen LogP) is 7.37. The van der Waals surface area contributed by atoms with Crippen LogP contribution in [-0.2, 0) is 7.05 Å². The van der Waals surface area contributed by atoms with Crippen molar-refractivity contribution in [2.75, 3.05) is 0 Å². The highest BCUT2D eigenvalue weighted by Crippen LogP contribution is 2.44. The number of thiophene rings is 1. The third-order valence-corrected chi connectivity index (χ3v) is 7.49. The van der Waals surface area contributed by atoms with Crippen LogP contribution < -0.4 is 4.57 Å². The molecule has 2 nitrogen and oxygen atoms in total. The SMILES string of the molecule is Cc1cc(-c2c(C)ccc3c2oc2c3ccc3sc4ccccc4c32)[n+](C)cc1C. The number of hydrogen-bond donors (Lipinski definition) is 0. The third-order valence-electron chi connectivity index (χ3n) is 6.35. The van der Waals surface area contributed by atoms with Crippen LogP contribution >= 0.6 is 11.3 Å². The van der Waals surface area contributed by atoms with Gasteiger partial charge < -0.3 is 4.42 Å². The van der Waals surface area contributed by atoms with Crippen molar-refractivity contribution in [3.8, 4) is 11.3 Å². The van der Waals surface area contributed by atoms with Crippen molar-refractivity contribution in [2.24, 2.45) is 7.05 Å². The van der Waals surface area contributed by atoms with Gasteiger partial charge in [-0.15, -0.1) is 11.3 Å². The van der Waals surface area contributed by atoms with E-state index in [1.807, 2.05) is 11.3 Å². The maximum Gasteiger partial charge on any atom is 0.216 e. The molecule has 0 radical (unpaired) electrons. The Balaban J connectivity index is 1.79. The molecule has 3 aromatic heterocycles. The lowest BCUT2D eigenvalue weighted by Crippen LogP contribution is -2.31. The number of pyridine rings is 1. The zero-order chi connectivity index (χ0) is 20.6. The standard InChI is InChI=1S/C27H22NOS/c1-15-9-10-18-19-11-12-23-25(20-7-5-6-8-22(20)30-23)27(19)29-26(18)24(15)21-13-16(2)17(3)14-28(21)4/h5-14H,1-4H3/q+1. The summed E-state index contributed by atoms with van der Waals surface area (Å²) in [5.74, 6) is 0. The van der Waals surface area contributed by atoms with Crippen molar-refractivity contribution in [3.05, 3.63) is 77.5 Å². The quantitative estimate of drug-likeness (QED) is 0.260. The molecule has 0 aliphatic heterocycles. The zero-order valence-corrected chi connectivity index (χ0v) is 18.4. The van der Waals surface area contributed by atoms with Crippen molar-refractivity contribution in [1.29, 1.82) is 0 Å². The average Bonchev–Trinajstić information content (AvgIpc) is 3.29. The molecule has 30 heavy (non-hydrogen) atoms. The highest BCUT2D eigenvalue weighted by molar-refractivity contribution is 7.26. The molecule has 6 aromatic rings. The van der Waals surface area contributed by atoms with E-state index in [1.165, 1.54) is 58.9 Å². The first-order valence-electron chi connectivity index (χ1n) is 10.3. The summed E-state index contributed by atoms with van der Waals surface area (Å²) in [5, 5.41) is 4.88. The summed E-state index contributed by atoms with van der Waals surface area (Å²) in [6.45, 7) is 6.51. The summed E-state index contributed by atoms with van der Waals surface area (Å²) >= 11 is 1.83. The molecule has 0 saturated heterocycles. The molecule has 6 rings (SSSR count). The molecule has 3 aromatic carbocycles. The Labute approximate surface area is 179 Å². The van der Waals surface area contributed by atoms with Crippen LogP contribution in [0.25, 0.3) is 53.4 Å². The van der Waals surface area contributed by atoms with E-state index in [-0.39, 0.29) is 0 Å². The van der Waals surface area contributed by atoms with E-state index in [0.717, 1.165) is 11.2 Å². The topological polar surface area (TPSA) is 17.0 Å². The summed E-state index contributed by atoms with van der Waals surface area (Å²) in [5.41, 5.74) is 8.16. The smallest absolute Gasteiger partial charge is 0.216 e. The van der Waals surface area contributed by atoms with Gasteiger partial charge in [-0.3, -0.25) is 0 Å². The van der Waals surface area contributed by atoms with Crippen LogP contribution in [0.2, 0.25) is 0 Å². The lowest BCUT2D eigenvalue weighted by Gasteiger charge is -2.07. The molecule has 0 unspecified atom stereocenters. The first-order chi connectivity index (χ1) is 14.5. The lowest BCUT2D eigenvalue weighted by molar-refractivity contribution is -0.660. The molecule has 0 atom stereocenters. The molecular formula is C27H22NOS+. The minimum absolute atomic E-state index is 0.978. The van der Waals surface area contributed by atoms with Gasteiger partial charge in [0.25, 0.3) is 0 Å². The van der Waals surface area contributed by atoms with Gasteiger partial charge in [-0.05, 0) is 50.1 Å². The van der Waals surface area contributed by atoms with Gasteiger partial charge in [0.15, 0.2) is 6.20 Å². The largest absolute Gasteiger partial charge is 0.454 e. The monoisotopic (exact) mass is 408 g/mol. The molecular weight excluding hydrogens is 386 g/mol. The average molecular weight is 409 g/mol. The van der Waals surface area contributed by atoms with Gasteiger partial charge in [0.2, 0.25) is 5.69 Å². The van der Waals surface area contributed by atoms with E-state index in [1.54, 1.807) is 0 Å². The van der Waals surface area contributed by atoms with Crippen molar-refractivity contribution in [1.82, 2.24) is 0 Å². The molecule has 0 bridgehead atoms. The first-order valence-corrected chi connectivity index (χ1v) is 11.1. The summed E-state index contributed by atoms with van der Waals surface area (Å²) in [6.07, 6.45) is 2.20. The number of benzene rings is 3. The third kappa shape index (κ3) is 2.33. The van der Waals surface area contributed by atoms with Gasteiger partial charge in [0, 0.05) is 42.6 Å². The molecule has 0 N–H and O–H groups in total. The fourth-order valence-electron chi connectivity index (χ4n) is 4.65. The molecule has 0 amide bonds. The van der Waals surface area contributed by atoms with Gasteiger partial charge in [-0.1, -0.05) is 30.3 Å². The van der Waals surface area contributed by atoms with Crippen molar-refractivity contribution >= 4 is 53.4 Å². The van der Waals surface area contributed by atoms with Crippen molar-refractivity contribution in [2.45, 2.75) is 20.8 Å². The molecule has 3 heterocycles. The van der Waals surface area contributed by atoms with Crippen molar-refractivity contribution < 1.29 is 8.98 Å². The maximum atomic E-state index is 6.72. The number of rotatable bonds is 1. The molecule has 0 aliphatic rings. The summed E-state index contributed by atoms with van der Waals surface area (Å²) in [4.78, 5) is 0. The summed E-state index contributed by atoms with van der Waals surface area (Å²) < 4.78 is 11.5. The number of aromatic nitrogens is 1. The minimum atomic E-state index is 0.978. The fraction of sp³-hybridized carbons (Fsp3) is 0.148. The number of fused-ring (bicyclic) bond motifs is 7. The highest BCUT2D eigenvalue weighted by atomic mass is 32.1. The maximum absolute atomic E-state index is 6.72. The Morgan fingerprint density at radius 2 is 1.50 bits per heavy atom. The van der Waals surface area contributed by atoms with E-state index >= 15 is 0 Å². The van der Waals surface area contributed by atoms with E-state index in [4.69, 9.17) is 4.42 Å². The molecule has 3 heteroatoms. The highest BCUT2D eigenvalue weighted by Gasteiger charge is 2.22. The minimum Gasteiger partial charge on any atom is -0.454 e. The summed E-state index contributed by atoms with van der Waals surface area (Å²) in [7, 11) is 2.12. The Bertz CT molecular complexity index is 1630. The van der Waals surface area contributed by atoms with Gasteiger partial charge >= 0.3 is 0 Å². The van der Waals surface area contributed by atoms with Crippen LogP contribution in [0, 0.1) is 20.8 Å². The fourth-order valence-corrected chi connectivity index (χ4v) is 5.76. The van der Waals surface area contributed by atoms with Crippen LogP contribution in [0.15, 0.2) is 65.2 Å². The lowest BCUT2D eigenvalue weighted by atomic mass is 9.98. The van der Waals surface area contributed by atoms with E-state index < -0.39 is 0 Å². The molecule has 0 aliphatic carbocycles. The Kier molecular flexibility index (Phi) is 3.63. The van der Waals surface area contributed by atoms with Crippen LogP contribution in [-0.4, -0.2) is 0 Å². The molecule has 0 spiro atoms.